The van der Waals surface area contributed by atoms with E-state index in [2.05, 4.69) is 15.7 Å². The first-order valence-corrected chi connectivity index (χ1v) is 8.88. The molecule has 0 spiro atoms. The van der Waals surface area contributed by atoms with Crippen molar-refractivity contribution in [1.82, 2.24) is 20.7 Å². The fraction of sp³-hybridized carbons (Fsp3) is 0.368. The normalized spacial score (nSPS) is 19.1. The van der Waals surface area contributed by atoms with Crippen LogP contribution in [-0.2, 0) is 14.3 Å². The molecule has 1 aliphatic heterocycles. The van der Waals surface area contributed by atoms with Crippen LogP contribution in [0.25, 0.3) is 10.9 Å². The largest absolute Gasteiger partial charge is 0.452 e. The predicted octanol–water partition coefficient (Wildman–Crippen LogP) is 1.69. The van der Waals surface area contributed by atoms with Gasteiger partial charge in [0.1, 0.15) is 5.54 Å². The fourth-order valence-corrected chi connectivity index (χ4v) is 2.99. The molecule has 28 heavy (non-hydrogen) atoms. The molecule has 0 radical (unpaired) electrons. The van der Waals surface area contributed by atoms with Gasteiger partial charge in [0, 0.05) is 16.6 Å². The van der Waals surface area contributed by atoms with Gasteiger partial charge in [-0.3, -0.25) is 15.0 Å². The molecule has 1 aliphatic rings. The molecule has 1 unspecified atom stereocenters. The molecule has 2 heterocycles. The maximum atomic E-state index is 12.3. The highest BCUT2D eigenvalue weighted by atomic mass is 16.5. The molecular weight excluding hydrogens is 364 g/mol. The molecular formula is C19H22N4O5. The lowest BCUT2D eigenvalue weighted by Gasteiger charge is -2.19. The van der Waals surface area contributed by atoms with Gasteiger partial charge in [-0.15, -0.1) is 0 Å². The van der Waals surface area contributed by atoms with Gasteiger partial charge in [0.05, 0.1) is 5.56 Å². The Labute approximate surface area is 161 Å². The van der Waals surface area contributed by atoms with Crippen molar-refractivity contribution < 1.29 is 23.9 Å². The van der Waals surface area contributed by atoms with Crippen molar-refractivity contribution in [2.24, 2.45) is 0 Å². The maximum Gasteiger partial charge on any atom is 0.344 e. The van der Waals surface area contributed by atoms with Gasteiger partial charge in [-0.2, -0.15) is 5.01 Å². The second-order valence-corrected chi connectivity index (χ2v) is 7.00. The summed E-state index contributed by atoms with van der Waals surface area (Å²) in [4.78, 5) is 51.6. The number of H-pyrrole nitrogens is 1. The van der Waals surface area contributed by atoms with E-state index < -0.39 is 36.0 Å². The predicted molar refractivity (Wildman–Crippen MR) is 100 cm³/mol. The van der Waals surface area contributed by atoms with E-state index in [-0.39, 0.29) is 0 Å². The number of nitrogens with zero attached hydrogens (tertiary/aromatic N) is 1. The summed E-state index contributed by atoms with van der Waals surface area (Å²) in [6, 6.07) is 4.34. The number of hydrogen-bond acceptors (Lipinski definition) is 5. The van der Waals surface area contributed by atoms with E-state index in [9.17, 15) is 19.2 Å². The number of carbonyl (C=O) groups excluding carboxylic acids is 4. The van der Waals surface area contributed by atoms with Crippen molar-refractivity contribution in [1.29, 1.82) is 0 Å². The van der Waals surface area contributed by atoms with Crippen molar-refractivity contribution in [3.05, 3.63) is 35.0 Å². The van der Waals surface area contributed by atoms with Gasteiger partial charge >= 0.3 is 12.0 Å². The Hall–Kier alpha value is -3.36. The first-order chi connectivity index (χ1) is 13.2. The van der Waals surface area contributed by atoms with Crippen molar-refractivity contribution in [2.75, 3.05) is 6.61 Å². The van der Waals surface area contributed by atoms with Crippen molar-refractivity contribution in [3.8, 4) is 0 Å². The van der Waals surface area contributed by atoms with Gasteiger partial charge in [-0.1, -0.05) is 6.92 Å². The number of imide groups is 1. The molecule has 1 saturated heterocycles. The number of aromatic amines is 1. The van der Waals surface area contributed by atoms with Crippen LogP contribution in [0.3, 0.4) is 0 Å². The second-order valence-electron chi connectivity index (χ2n) is 7.00. The number of urea groups is 1. The molecule has 0 bridgehead atoms. The number of fused-ring (bicyclic) bond motifs is 1. The zero-order valence-corrected chi connectivity index (χ0v) is 16.1. The third-order valence-corrected chi connectivity index (χ3v) is 5.08. The molecule has 3 N–H and O–H groups in total. The maximum absolute atomic E-state index is 12.3. The summed E-state index contributed by atoms with van der Waals surface area (Å²) < 4.78 is 5.01. The first kappa shape index (κ1) is 19.4. The summed E-state index contributed by atoms with van der Waals surface area (Å²) in [6.45, 7) is 6.58. The van der Waals surface area contributed by atoms with E-state index in [1.165, 1.54) is 0 Å². The molecule has 1 aromatic carbocycles. The number of aryl methyl sites for hydroxylation is 2. The number of nitrogens with one attached hydrogen (secondary N) is 3. The SMILES string of the molecule is CCC1(C)NC(=O)N(NC(=O)COC(=O)c2ccc3[nH]c(C)c(C)c3c2)C1=O. The molecule has 3 rings (SSSR count). The van der Waals surface area contributed by atoms with E-state index in [0.29, 0.717) is 17.0 Å². The summed E-state index contributed by atoms with van der Waals surface area (Å²) >= 11 is 0. The second kappa shape index (κ2) is 6.99. The van der Waals surface area contributed by atoms with Crippen LogP contribution >= 0.6 is 0 Å². The highest BCUT2D eigenvalue weighted by Gasteiger charge is 2.47. The number of esters is 1. The highest BCUT2D eigenvalue weighted by Crippen LogP contribution is 2.23. The minimum atomic E-state index is -1.07. The smallest absolute Gasteiger partial charge is 0.344 e. The van der Waals surface area contributed by atoms with Crippen LogP contribution in [0.1, 0.15) is 41.9 Å². The van der Waals surface area contributed by atoms with Crippen LogP contribution in [0.15, 0.2) is 18.2 Å². The Morgan fingerprint density at radius 3 is 2.61 bits per heavy atom. The van der Waals surface area contributed by atoms with Crippen LogP contribution in [0, 0.1) is 13.8 Å². The van der Waals surface area contributed by atoms with E-state index >= 15 is 0 Å². The molecule has 9 nitrogen and oxygen atoms in total. The van der Waals surface area contributed by atoms with Crippen LogP contribution in [-0.4, -0.2) is 46.0 Å². The van der Waals surface area contributed by atoms with Crippen molar-refractivity contribution in [3.63, 3.8) is 0 Å². The van der Waals surface area contributed by atoms with E-state index in [0.717, 1.165) is 22.2 Å². The Morgan fingerprint density at radius 2 is 1.96 bits per heavy atom. The Morgan fingerprint density at radius 1 is 1.25 bits per heavy atom. The van der Waals surface area contributed by atoms with Gasteiger partial charge in [-0.25, -0.2) is 9.59 Å². The molecule has 148 valence electrons. The van der Waals surface area contributed by atoms with Crippen LogP contribution < -0.4 is 10.7 Å². The van der Waals surface area contributed by atoms with Gasteiger partial charge in [0.15, 0.2) is 6.61 Å². The van der Waals surface area contributed by atoms with Crippen LogP contribution in [0.5, 0.6) is 0 Å². The van der Waals surface area contributed by atoms with Gasteiger partial charge in [0.2, 0.25) is 0 Å². The number of hydrogen-bond donors (Lipinski definition) is 3. The lowest BCUT2D eigenvalue weighted by molar-refractivity contribution is -0.139. The summed E-state index contributed by atoms with van der Waals surface area (Å²) in [5.41, 5.74) is 4.34. The molecule has 1 aromatic heterocycles. The number of ether oxygens (including phenoxy) is 1. The zero-order valence-electron chi connectivity index (χ0n) is 16.1. The quantitative estimate of drug-likeness (QED) is 0.533. The third kappa shape index (κ3) is 3.30. The van der Waals surface area contributed by atoms with Crippen molar-refractivity contribution in [2.45, 2.75) is 39.7 Å². The molecule has 2 aromatic rings. The number of benzene rings is 1. The Kier molecular flexibility index (Phi) is 4.84. The fourth-order valence-electron chi connectivity index (χ4n) is 2.99. The monoisotopic (exact) mass is 386 g/mol. The average molecular weight is 386 g/mol. The van der Waals surface area contributed by atoms with Gasteiger partial charge < -0.3 is 15.0 Å². The zero-order chi connectivity index (χ0) is 20.6. The first-order valence-electron chi connectivity index (χ1n) is 8.88. The number of aromatic nitrogens is 1. The lowest BCUT2D eigenvalue weighted by Crippen LogP contribution is -2.49. The van der Waals surface area contributed by atoms with Crippen molar-refractivity contribution >= 4 is 34.7 Å². The molecule has 1 atom stereocenters. The van der Waals surface area contributed by atoms with Gasteiger partial charge in [0.25, 0.3) is 11.8 Å². The molecule has 0 aliphatic carbocycles. The molecule has 9 heteroatoms. The summed E-state index contributed by atoms with van der Waals surface area (Å²) in [5.74, 6) is -2.03. The molecule has 1 fully saturated rings. The number of carbonyl (C=O) groups is 4. The van der Waals surface area contributed by atoms with Gasteiger partial charge in [-0.05, 0) is 51.0 Å². The van der Waals surface area contributed by atoms with E-state index in [4.69, 9.17) is 4.74 Å². The average Bonchev–Trinajstić information content (AvgIpc) is 3.07. The third-order valence-electron chi connectivity index (χ3n) is 5.08. The standard InChI is InChI=1S/C19H22N4O5/c1-5-19(4)17(26)23(18(27)21-19)22-15(24)9-28-16(25)12-6-7-14-13(8-12)10(2)11(3)20-14/h6-8,20H,5,9H2,1-4H3,(H,21,27)(H,22,24). The Balaban J connectivity index is 1.62. The van der Waals surface area contributed by atoms with E-state index in [1.807, 2.05) is 13.8 Å². The minimum absolute atomic E-state index is 0.302. The summed E-state index contributed by atoms with van der Waals surface area (Å²) in [5, 5.41) is 4.02. The summed E-state index contributed by atoms with van der Waals surface area (Å²) in [6.07, 6.45) is 0.374. The summed E-state index contributed by atoms with van der Waals surface area (Å²) in [7, 11) is 0. The minimum Gasteiger partial charge on any atom is -0.452 e. The molecule has 0 saturated carbocycles. The van der Waals surface area contributed by atoms with E-state index in [1.54, 1.807) is 32.0 Å². The number of rotatable bonds is 5. The number of amides is 4. The lowest BCUT2D eigenvalue weighted by atomic mass is 10.00. The molecule has 4 amide bonds. The number of hydrazine groups is 1. The highest BCUT2D eigenvalue weighted by molar-refractivity contribution is 6.07. The topological polar surface area (TPSA) is 121 Å². The van der Waals surface area contributed by atoms with Crippen LogP contribution in [0.4, 0.5) is 4.79 Å². The Bertz CT molecular complexity index is 996. The van der Waals surface area contributed by atoms with Crippen LogP contribution in [0.2, 0.25) is 0 Å².